The van der Waals surface area contributed by atoms with Crippen molar-refractivity contribution >= 4 is 52.3 Å². The number of hydrogen-bond acceptors (Lipinski definition) is 3. The minimum absolute atomic E-state index is 0. The Morgan fingerprint density at radius 1 is 1.20 bits per heavy atom. The van der Waals surface area contributed by atoms with Crippen LogP contribution in [0.25, 0.3) is 0 Å². The molecule has 1 saturated carbocycles. The molecule has 3 N–H and O–H groups in total. The Balaban J connectivity index is 0.00000156. The zero-order valence-electron chi connectivity index (χ0n) is 14.3. The molecule has 142 valence electrons. The molecule has 0 radical (unpaired) electrons. The van der Waals surface area contributed by atoms with E-state index in [9.17, 15) is 4.79 Å². The first-order chi connectivity index (χ1) is 11.1. The summed E-state index contributed by atoms with van der Waals surface area (Å²) in [6.07, 6.45) is 5.09. The minimum Gasteiger partial charge on any atom is -0.371 e. The van der Waals surface area contributed by atoms with Gasteiger partial charge in [-0.15, -0.1) is 24.8 Å². The van der Waals surface area contributed by atoms with Crippen LogP contribution >= 0.6 is 40.7 Å². The third kappa shape index (κ3) is 6.31. The first kappa shape index (κ1) is 22.6. The van der Waals surface area contributed by atoms with E-state index in [0.717, 1.165) is 43.4 Å². The number of anilines is 1. The molecule has 0 aromatic heterocycles. The number of carbonyl (C=O) groups excluding carboxylic acids is 1. The van der Waals surface area contributed by atoms with E-state index >= 15 is 0 Å². The Morgan fingerprint density at radius 3 is 2.56 bits per heavy atom. The molecule has 7 heteroatoms. The largest absolute Gasteiger partial charge is 0.371 e. The van der Waals surface area contributed by atoms with E-state index in [0.29, 0.717) is 18.3 Å². The van der Waals surface area contributed by atoms with Crippen molar-refractivity contribution in [1.29, 1.82) is 0 Å². The fraction of sp³-hybridized carbons (Fsp3) is 0.611. The minimum atomic E-state index is 0. The van der Waals surface area contributed by atoms with Crippen LogP contribution in [0.4, 0.5) is 5.69 Å². The van der Waals surface area contributed by atoms with Gasteiger partial charge < -0.3 is 16.0 Å². The molecule has 1 aromatic carbocycles. The van der Waals surface area contributed by atoms with Gasteiger partial charge in [-0.3, -0.25) is 4.79 Å². The average molecular weight is 453 g/mol. The summed E-state index contributed by atoms with van der Waals surface area (Å²) in [4.78, 5) is 14.5. The van der Waals surface area contributed by atoms with E-state index in [4.69, 9.17) is 5.73 Å². The van der Waals surface area contributed by atoms with Crippen LogP contribution in [0.1, 0.15) is 32.1 Å². The van der Waals surface area contributed by atoms with E-state index < -0.39 is 0 Å². The summed E-state index contributed by atoms with van der Waals surface area (Å²) < 4.78 is 1.11. The Hall–Kier alpha value is -0.490. The molecule has 1 aliphatic carbocycles. The van der Waals surface area contributed by atoms with Gasteiger partial charge in [-0.05, 0) is 55.4 Å². The Kier molecular flexibility index (Phi) is 9.57. The van der Waals surface area contributed by atoms with Gasteiger partial charge in [0.2, 0.25) is 5.91 Å². The molecule has 3 atom stereocenters. The molecule has 0 bridgehead atoms. The van der Waals surface area contributed by atoms with E-state index in [1.54, 1.807) is 0 Å². The number of hydrogen-bond donors (Lipinski definition) is 2. The quantitative estimate of drug-likeness (QED) is 0.714. The van der Waals surface area contributed by atoms with Gasteiger partial charge in [0.25, 0.3) is 0 Å². The third-order valence-corrected chi connectivity index (χ3v) is 5.76. The van der Waals surface area contributed by atoms with Crippen molar-refractivity contribution in [3.05, 3.63) is 28.7 Å². The number of rotatable bonds is 5. The van der Waals surface area contributed by atoms with Gasteiger partial charge in [0, 0.05) is 42.3 Å². The fourth-order valence-corrected chi connectivity index (χ4v) is 4.04. The summed E-state index contributed by atoms with van der Waals surface area (Å²) in [5.41, 5.74) is 7.31. The molecule has 0 spiro atoms. The van der Waals surface area contributed by atoms with Crippen LogP contribution in [0.5, 0.6) is 0 Å². The molecule has 1 aliphatic heterocycles. The molecule has 1 unspecified atom stereocenters. The summed E-state index contributed by atoms with van der Waals surface area (Å²) >= 11 is 3.47. The van der Waals surface area contributed by atoms with E-state index in [1.165, 1.54) is 12.1 Å². The maximum absolute atomic E-state index is 12.1. The summed E-state index contributed by atoms with van der Waals surface area (Å²) in [6, 6.07) is 8.67. The summed E-state index contributed by atoms with van der Waals surface area (Å²) in [6.45, 7) is 2.87. The maximum Gasteiger partial charge on any atom is 0.220 e. The zero-order chi connectivity index (χ0) is 16.2. The molecule has 2 aliphatic rings. The van der Waals surface area contributed by atoms with Crippen molar-refractivity contribution in [3.63, 3.8) is 0 Å². The highest BCUT2D eigenvalue weighted by Crippen LogP contribution is 2.27. The lowest BCUT2D eigenvalue weighted by Crippen LogP contribution is -2.34. The Bertz CT molecular complexity index is 544. The normalized spacial score (nSPS) is 25.2. The summed E-state index contributed by atoms with van der Waals surface area (Å²) in [5.74, 6) is 1.10. The average Bonchev–Trinajstić information content (AvgIpc) is 3.16. The second-order valence-corrected chi connectivity index (χ2v) is 7.86. The monoisotopic (exact) mass is 451 g/mol. The second-order valence-electron chi connectivity index (χ2n) is 6.94. The fourth-order valence-electron chi connectivity index (χ4n) is 3.77. The van der Waals surface area contributed by atoms with Gasteiger partial charge >= 0.3 is 0 Å². The number of nitrogens with zero attached hydrogens (tertiary/aromatic N) is 1. The van der Waals surface area contributed by atoms with Crippen LogP contribution in [-0.4, -0.2) is 31.6 Å². The van der Waals surface area contributed by atoms with Gasteiger partial charge in [-0.2, -0.15) is 0 Å². The van der Waals surface area contributed by atoms with E-state index in [1.807, 2.05) is 0 Å². The SMILES string of the molecule is Cl.Cl.N[C@@H]1CCC[C@H]1CC(=O)NCC1CCN(c2ccc(Br)cc2)C1. The molecule has 25 heavy (non-hydrogen) atoms. The van der Waals surface area contributed by atoms with Gasteiger partial charge in [-0.25, -0.2) is 0 Å². The highest BCUT2D eigenvalue weighted by Gasteiger charge is 2.27. The smallest absolute Gasteiger partial charge is 0.220 e. The number of nitrogens with one attached hydrogen (secondary N) is 1. The van der Waals surface area contributed by atoms with Crippen LogP contribution in [0.15, 0.2) is 28.7 Å². The molecular formula is C18H28BrCl2N3O. The van der Waals surface area contributed by atoms with Gasteiger partial charge in [0.1, 0.15) is 0 Å². The number of nitrogens with two attached hydrogens (primary N) is 1. The van der Waals surface area contributed by atoms with Crippen LogP contribution < -0.4 is 16.0 Å². The molecule has 2 fully saturated rings. The van der Waals surface area contributed by atoms with E-state index in [-0.39, 0.29) is 36.8 Å². The van der Waals surface area contributed by atoms with Gasteiger partial charge in [-0.1, -0.05) is 22.4 Å². The first-order valence-electron chi connectivity index (χ1n) is 8.64. The van der Waals surface area contributed by atoms with Crippen LogP contribution in [0.3, 0.4) is 0 Å². The zero-order valence-corrected chi connectivity index (χ0v) is 17.5. The predicted octanol–water partition coefficient (Wildman–Crippen LogP) is 3.75. The lowest BCUT2D eigenvalue weighted by atomic mass is 9.99. The van der Waals surface area contributed by atoms with Crippen LogP contribution in [-0.2, 0) is 4.79 Å². The molecule has 1 heterocycles. The number of amides is 1. The van der Waals surface area contributed by atoms with Crippen molar-refractivity contribution in [3.8, 4) is 0 Å². The molecule has 1 aromatic rings. The van der Waals surface area contributed by atoms with Crippen molar-refractivity contribution in [2.24, 2.45) is 17.6 Å². The number of halogens is 3. The lowest BCUT2D eigenvalue weighted by molar-refractivity contribution is -0.122. The molecule has 1 amide bonds. The van der Waals surface area contributed by atoms with E-state index in [2.05, 4.69) is 50.4 Å². The van der Waals surface area contributed by atoms with Crippen LogP contribution in [0, 0.1) is 11.8 Å². The second kappa shape index (κ2) is 10.6. The molecule has 4 nitrogen and oxygen atoms in total. The Morgan fingerprint density at radius 2 is 1.92 bits per heavy atom. The highest BCUT2D eigenvalue weighted by molar-refractivity contribution is 9.10. The number of benzene rings is 1. The topological polar surface area (TPSA) is 58.4 Å². The standard InChI is InChI=1S/C18H26BrN3O.2ClH/c19-15-4-6-16(7-5-15)22-9-8-13(12-22)11-21-18(23)10-14-2-1-3-17(14)20;;/h4-7,13-14,17H,1-3,8-12,20H2,(H,21,23);2*1H/t13?,14-,17+;;/m0../s1. The lowest BCUT2D eigenvalue weighted by Gasteiger charge is -2.19. The van der Waals surface area contributed by atoms with Gasteiger partial charge in [0.15, 0.2) is 0 Å². The summed E-state index contributed by atoms with van der Waals surface area (Å²) in [5, 5.41) is 3.12. The predicted molar refractivity (Wildman–Crippen MR) is 112 cm³/mol. The van der Waals surface area contributed by atoms with Crippen LogP contribution in [0.2, 0.25) is 0 Å². The Labute approximate surface area is 171 Å². The van der Waals surface area contributed by atoms with Gasteiger partial charge in [0.05, 0.1) is 0 Å². The third-order valence-electron chi connectivity index (χ3n) is 5.23. The summed E-state index contributed by atoms with van der Waals surface area (Å²) in [7, 11) is 0. The maximum atomic E-state index is 12.1. The highest BCUT2D eigenvalue weighted by atomic mass is 79.9. The van der Waals surface area contributed by atoms with Crippen molar-refractivity contribution < 1.29 is 4.79 Å². The number of carbonyl (C=O) groups is 1. The van der Waals surface area contributed by atoms with Crippen molar-refractivity contribution in [1.82, 2.24) is 5.32 Å². The van der Waals surface area contributed by atoms with Crippen molar-refractivity contribution in [2.75, 3.05) is 24.5 Å². The van der Waals surface area contributed by atoms with Crippen molar-refractivity contribution in [2.45, 2.75) is 38.1 Å². The molecular weight excluding hydrogens is 425 g/mol. The first-order valence-corrected chi connectivity index (χ1v) is 9.44. The molecule has 3 rings (SSSR count). The molecule has 1 saturated heterocycles.